The highest BCUT2D eigenvalue weighted by Crippen LogP contribution is 2.33. The number of halogens is 2. The van der Waals surface area contributed by atoms with Crippen LogP contribution in [0.25, 0.3) is 10.2 Å². The lowest BCUT2D eigenvalue weighted by Crippen LogP contribution is -2.25. The Hall–Kier alpha value is -2.44. The second-order valence-electron chi connectivity index (χ2n) is 6.72. The molecule has 0 bridgehead atoms. The number of carbonyl (C=O) groups excluding carboxylic acids is 1. The van der Waals surface area contributed by atoms with E-state index in [1.165, 1.54) is 12.1 Å². The molecule has 0 radical (unpaired) electrons. The predicted octanol–water partition coefficient (Wildman–Crippen LogP) is 5.89. The number of aromatic nitrogens is 1. The smallest absolute Gasteiger partial charge is 0.268 e. The number of thiophene rings is 1. The third kappa shape index (κ3) is 4.03. The van der Waals surface area contributed by atoms with Gasteiger partial charge in [0.2, 0.25) is 0 Å². The van der Waals surface area contributed by atoms with Crippen LogP contribution in [0.3, 0.4) is 0 Å². The number of aryl methyl sites for hydroxylation is 1. The van der Waals surface area contributed by atoms with Crippen molar-refractivity contribution in [3.05, 3.63) is 92.7 Å². The highest BCUT2D eigenvalue weighted by atomic mass is 79.9. The molecule has 28 heavy (non-hydrogen) atoms. The van der Waals surface area contributed by atoms with E-state index in [9.17, 15) is 9.18 Å². The minimum Gasteiger partial charge on any atom is -0.347 e. The van der Waals surface area contributed by atoms with Gasteiger partial charge in [-0.3, -0.25) is 4.79 Å². The molecule has 0 aliphatic rings. The van der Waals surface area contributed by atoms with Gasteiger partial charge >= 0.3 is 0 Å². The Kier molecular flexibility index (Phi) is 5.33. The topological polar surface area (TPSA) is 34.0 Å². The van der Waals surface area contributed by atoms with Crippen LogP contribution in [0.15, 0.2) is 64.5 Å². The number of fused-ring (bicyclic) bond motifs is 1. The summed E-state index contributed by atoms with van der Waals surface area (Å²) >= 11 is 5.09. The summed E-state index contributed by atoms with van der Waals surface area (Å²) < 4.78 is 17.6. The van der Waals surface area contributed by atoms with Crippen LogP contribution in [-0.4, -0.2) is 10.5 Å². The standard InChI is InChI=1S/C22H18BrFN2OS/c1-14-4-2-5-15(8-14)12-25-22(27)19-10-20-18(11-21(23)28-20)26(19)13-16-6-3-7-17(24)9-16/h2-11H,12-13H2,1H3,(H,25,27). The molecule has 0 saturated carbocycles. The SMILES string of the molecule is Cc1cccc(CNC(=O)c2cc3sc(Br)cc3n2Cc2cccc(F)c2)c1. The molecule has 2 aromatic carbocycles. The second kappa shape index (κ2) is 7.89. The first-order chi connectivity index (χ1) is 13.5. The van der Waals surface area contributed by atoms with E-state index in [4.69, 9.17) is 0 Å². The van der Waals surface area contributed by atoms with Crippen molar-refractivity contribution >= 4 is 43.4 Å². The summed E-state index contributed by atoms with van der Waals surface area (Å²) in [5, 5.41) is 3.00. The van der Waals surface area contributed by atoms with Gasteiger partial charge in [-0.05, 0) is 58.2 Å². The summed E-state index contributed by atoms with van der Waals surface area (Å²) in [7, 11) is 0. The maximum absolute atomic E-state index is 13.6. The molecule has 142 valence electrons. The summed E-state index contributed by atoms with van der Waals surface area (Å²) in [6.45, 7) is 2.92. The van der Waals surface area contributed by atoms with Crippen LogP contribution in [0.2, 0.25) is 0 Å². The quantitative estimate of drug-likeness (QED) is 0.398. The van der Waals surface area contributed by atoms with E-state index in [1.54, 1.807) is 17.4 Å². The van der Waals surface area contributed by atoms with Crippen LogP contribution in [0.5, 0.6) is 0 Å². The number of hydrogen-bond donors (Lipinski definition) is 1. The first kappa shape index (κ1) is 18.9. The molecule has 4 rings (SSSR count). The summed E-state index contributed by atoms with van der Waals surface area (Å²) in [6, 6.07) is 18.4. The van der Waals surface area contributed by atoms with E-state index < -0.39 is 0 Å². The lowest BCUT2D eigenvalue weighted by molar-refractivity contribution is 0.0942. The van der Waals surface area contributed by atoms with Gasteiger partial charge in [-0.15, -0.1) is 11.3 Å². The number of rotatable bonds is 5. The van der Waals surface area contributed by atoms with Crippen molar-refractivity contribution in [2.45, 2.75) is 20.0 Å². The molecule has 0 aliphatic heterocycles. The molecule has 1 N–H and O–H groups in total. The molecule has 0 aliphatic carbocycles. The molecule has 0 atom stereocenters. The number of benzene rings is 2. The van der Waals surface area contributed by atoms with Gasteiger partial charge in [0.25, 0.3) is 5.91 Å². The van der Waals surface area contributed by atoms with Gasteiger partial charge in [0.15, 0.2) is 0 Å². The highest BCUT2D eigenvalue weighted by Gasteiger charge is 2.18. The van der Waals surface area contributed by atoms with Gasteiger partial charge in [0.05, 0.1) is 14.0 Å². The molecule has 3 nitrogen and oxygen atoms in total. The fraction of sp³-hybridized carbons (Fsp3) is 0.136. The van der Waals surface area contributed by atoms with Crippen LogP contribution in [0.1, 0.15) is 27.2 Å². The van der Waals surface area contributed by atoms with Crippen LogP contribution in [0, 0.1) is 12.7 Å². The molecule has 0 saturated heterocycles. The van der Waals surface area contributed by atoms with Crippen molar-refractivity contribution in [1.29, 1.82) is 0 Å². The zero-order chi connectivity index (χ0) is 19.7. The Morgan fingerprint density at radius 2 is 1.89 bits per heavy atom. The monoisotopic (exact) mass is 456 g/mol. The van der Waals surface area contributed by atoms with E-state index >= 15 is 0 Å². The Balaban J connectivity index is 1.64. The zero-order valence-corrected chi connectivity index (χ0v) is 17.6. The van der Waals surface area contributed by atoms with Crippen molar-refractivity contribution < 1.29 is 9.18 Å². The van der Waals surface area contributed by atoms with Crippen molar-refractivity contribution in [3.63, 3.8) is 0 Å². The minimum atomic E-state index is -0.280. The minimum absolute atomic E-state index is 0.141. The van der Waals surface area contributed by atoms with Crippen molar-refractivity contribution in [2.75, 3.05) is 0 Å². The summed E-state index contributed by atoms with van der Waals surface area (Å²) in [4.78, 5) is 12.9. The Morgan fingerprint density at radius 3 is 2.68 bits per heavy atom. The molecule has 2 aromatic heterocycles. The number of nitrogens with zero attached hydrogens (tertiary/aromatic N) is 1. The lowest BCUT2D eigenvalue weighted by Gasteiger charge is -2.11. The van der Waals surface area contributed by atoms with Crippen LogP contribution < -0.4 is 5.32 Å². The Labute approximate surface area is 174 Å². The third-order valence-electron chi connectivity index (χ3n) is 4.56. The number of nitrogens with one attached hydrogen (secondary N) is 1. The van der Waals surface area contributed by atoms with Crippen molar-refractivity contribution in [1.82, 2.24) is 9.88 Å². The van der Waals surface area contributed by atoms with Crippen LogP contribution in [0.4, 0.5) is 4.39 Å². The summed E-state index contributed by atoms with van der Waals surface area (Å²) in [5.41, 5.74) is 4.56. The third-order valence-corrected chi connectivity index (χ3v) is 6.13. The van der Waals surface area contributed by atoms with Gasteiger partial charge < -0.3 is 9.88 Å². The largest absolute Gasteiger partial charge is 0.347 e. The zero-order valence-electron chi connectivity index (χ0n) is 15.2. The van der Waals surface area contributed by atoms with Gasteiger partial charge in [-0.2, -0.15) is 0 Å². The molecule has 0 spiro atoms. The molecule has 6 heteroatoms. The lowest BCUT2D eigenvalue weighted by atomic mass is 10.1. The van der Waals surface area contributed by atoms with E-state index in [0.29, 0.717) is 18.8 Å². The first-order valence-corrected chi connectivity index (χ1v) is 10.5. The summed E-state index contributed by atoms with van der Waals surface area (Å²) in [5.74, 6) is -0.421. The molecule has 2 heterocycles. The predicted molar refractivity (Wildman–Crippen MR) is 115 cm³/mol. The van der Waals surface area contributed by atoms with Crippen molar-refractivity contribution in [2.24, 2.45) is 0 Å². The van der Waals surface area contributed by atoms with Gasteiger partial charge in [0, 0.05) is 13.1 Å². The van der Waals surface area contributed by atoms with E-state index in [1.807, 2.05) is 47.9 Å². The number of hydrogen-bond acceptors (Lipinski definition) is 2. The summed E-state index contributed by atoms with van der Waals surface area (Å²) in [6.07, 6.45) is 0. The fourth-order valence-electron chi connectivity index (χ4n) is 3.28. The van der Waals surface area contributed by atoms with Gasteiger partial charge in [0.1, 0.15) is 11.5 Å². The molecule has 4 aromatic rings. The maximum atomic E-state index is 13.6. The van der Waals surface area contributed by atoms with Gasteiger partial charge in [-0.1, -0.05) is 42.0 Å². The van der Waals surface area contributed by atoms with E-state index in [0.717, 1.165) is 30.7 Å². The molecular weight excluding hydrogens is 439 g/mol. The highest BCUT2D eigenvalue weighted by molar-refractivity contribution is 9.11. The normalized spacial score (nSPS) is 11.1. The molecule has 1 amide bonds. The Bertz CT molecular complexity index is 1160. The first-order valence-electron chi connectivity index (χ1n) is 8.86. The van der Waals surface area contributed by atoms with Crippen molar-refractivity contribution in [3.8, 4) is 0 Å². The number of carbonyl (C=O) groups is 1. The number of amides is 1. The van der Waals surface area contributed by atoms with E-state index in [2.05, 4.69) is 27.3 Å². The maximum Gasteiger partial charge on any atom is 0.268 e. The van der Waals surface area contributed by atoms with Gasteiger partial charge in [-0.25, -0.2) is 4.39 Å². The molecule has 0 fully saturated rings. The average Bonchev–Trinajstić information content (AvgIpc) is 3.17. The van der Waals surface area contributed by atoms with Crippen LogP contribution >= 0.6 is 27.3 Å². The average molecular weight is 457 g/mol. The molecular formula is C22H18BrFN2OS. The fourth-order valence-corrected chi connectivity index (χ4v) is 4.85. The molecule has 0 unspecified atom stereocenters. The Morgan fingerprint density at radius 1 is 1.11 bits per heavy atom. The van der Waals surface area contributed by atoms with Crippen LogP contribution in [-0.2, 0) is 13.1 Å². The van der Waals surface area contributed by atoms with E-state index in [-0.39, 0.29) is 11.7 Å². The second-order valence-corrected chi connectivity index (χ2v) is 9.18.